The van der Waals surface area contributed by atoms with Gasteiger partial charge in [-0.3, -0.25) is 0 Å². The SMILES string of the molecule is C=CC(=O)OCCC[C@H]1CC[C@H](CCc2ccc(C(=O)Oc3ccccc3C#N)cc2)CC1. The molecule has 0 atom stereocenters. The summed E-state index contributed by atoms with van der Waals surface area (Å²) in [4.78, 5) is 23.5. The van der Waals surface area contributed by atoms with Crippen LogP contribution in [0.5, 0.6) is 5.75 Å². The summed E-state index contributed by atoms with van der Waals surface area (Å²) in [7, 11) is 0. The smallest absolute Gasteiger partial charge is 0.343 e. The molecule has 0 N–H and O–H groups in total. The van der Waals surface area contributed by atoms with E-state index < -0.39 is 5.97 Å². The quantitative estimate of drug-likeness (QED) is 0.193. The summed E-state index contributed by atoms with van der Waals surface area (Å²) in [5.74, 6) is 0.962. The number of rotatable bonds is 10. The lowest BCUT2D eigenvalue weighted by molar-refractivity contribution is -0.137. The predicted molar refractivity (Wildman–Crippen MR) is 127 cm³/mol. The Kier molecular flexibility index (Phi) is 9.26. The van der Waals surface area contributed by atoms with Crippen LogP contribution in [0.15, 0.2) is 61.2 Å². The topological polar surface area (TPSA) is 76.4 Å². The maximum absolute atomic E-state index is 12.4. The van der Waals surface area contributed by atoms with Gasteiger partial charge in [-0.05, 0) is 67.3 Å². The van der Waals surface area contributed by atoms with Crippen LogP contribution in [0, 0.1) is 23.2 Å². The van der Waals surface area contributed by atoms with Gasteiger partial charge in [-0.25, -0.2) is 9.59 Å². The van der Waals surface area contributed by atoms with Gasteiger partial charge in [0.25, 0.3) is 0 Å². The molecule has 1 aliphatic rings. The minimum atomic E-state index is -0.457. The van der Waals surface area contributed by atoms with Crippen LogP contribution in [0.2, 0.25) is 0 Å². The molecule has 2 aromatic carbocycles. The highest BCUT2D eigenvalue weighted by atomic mass is 16.5. The van der Waals surface area contributed by atoms with Crippen molar-refractivity contribution in [3.63, 3.8) is 0 Å². The van der Waals surface area contributed by atoms with Crippen molar-refractivity contribution in [2.24, 2.45) is 11.8 Å². The van der Waals surface area contributed by atoms with E-state index in [4.69, 9.17) is 14.7 Å². The summed E-state index contributed by atoms with van der Waals surface area (Å²) in [6, 6.07) is 16.3. The first-order valence-electron chi connectivity index (χ1n) is 11.7. The number of hydrogen-bond acceptors (Lipinski definition) is 5. The van der Waals surface area contributed by atoms with Gasteiger partial charge < -0.3 is 9.47 Å². The number of nitriles is 1. The van der Waals surface area contributed by atoms with Gasteiger partial charge in [-0.1, -0.05) is 56.5 Å². The van der Waals surface area contributed by atoms with Gasteiger partial charge in [-0.15, -0.1) is 0 Å². The number of para-hydroxylation sites is 1. The van der Waals surface area contributed by atoms with Crippen LogP contribution < -0.4 is 4.74 Å². The summed E-state index contributed by atoms with van der Waals surface area (Å²) < 4.78 is 10.4. The molecule has 0 saturated heterocycles. The minimum absolute atomic E-state index is 0.280. The molecule has 1 aliphatic carbocycles. The number of nitrogens with zero attached hydrogens (tertiary/aromatic N) is 1. The van der Waals surface area contributed by atoms with Crippen molar-refractivity contribution in [1.82, 2.24) is 0 Å². The fraction of sp³-hybridized carbons (Fsp3) is 0.393. The number of carbonyl (C=O) groups excluding carboxylic acids is 2. The largest absolute Gasteiger partial charge is 0.463 e. The first kappa shape index (κ1) is 24.3. The molecular weight excluding hydrogens is 414 g/mol. The van der Waals surface area contributed by atoms with E-state index in [-0.39, 0.29) is 11.7 Å². The molecule has 1 fully saturated rings. The summed E-state index contributed by atoms with van der Waals surface area (Å²) in [5, 5.41) is 9.13. The van der Waals surface area contributed by atoms with E-state index in [1.165, 1.54) is 37.3 Å². The zero-order chi connectivity index (χ0) is 23.5. The van der Waals surface area contributed by atoms with Crippen LogP contribution in [0.25, 0.3) is 0 Å². The number of ether oxygens (including phenoxy) is 2. The van der Waals surface area contributed by atoms with Crippen molar-refractivity contribution in [3.8, 4) is 11.8 Å². The van der Waals surface area contributed by atoms with E-state index in [0.717, 1.165) is 37.5 Å². The number of hydrogen-bond donors (Lipinski definition) is 0. The fourth-order valence-electron chi connectivity index (χ4n) is 4.40. The van der Waals surface area contributed by atoms with Crippen molar-refractivity contribution in [2.45, 2.75) is 51.4 Å². The molecule has 172 valence electrons. The molecule has 0 unspecified atom stereocenters. The number of benzene rings is 2. The first-order chi connectivity index (χ1) is 16.1. The van der Waals surface area contributed by atoms with E-state index in [0.29, 0.717) is 17.7 Å². The second-order valence-electron chi connectivity index (χ2n) is 8.63. The van der Waals surface area contributed by atoms with Crippen LogP contribution in [0.4, 0.5) is 0 Å². The highest BCUT2D eigenvalue weighted by molar-refractivity contribution is 5.91. The van der Waals surface area contributed by atoms with Crippen molar-refractivity contribution < 1.29 is 19.1 Å². The Balaban J connectivity index is 1.38. The molecule has 3 rings (SSSR count). The number of carbonyl (C=O) groups is 2. The Labute approximate surface area is 196 Å². The van der Waals surface area contributed by atoms with Crippen LogP contribution in [-0.2, 0) is 16.0 Å². The third kappa shape index (κ3) is 7.61. The van der Waals surface area contributed by atoms with E-state index >= 15 is 0 Å². The summed E-state index contributed by atoms with van der Waals surface area (Å²) in [5.41, 5.74) is 2.04. The monoisotopic (exact) mass is 445 g/mol. The third-order valence-electron chi connectivity index (χ3n) is 6.38. The van der Waals surface area contributed by atoms with Gasteiger partial charge in [0, 0.05) is 6.08 Å². The van der Waals surface area contributed by atoms with Crippen molar-refractivity contribution in [1.29, 1.82) is 5.26 Å². The Bertz CT molecular complexity index is 982. The molecular formula is C28H31NO4. The molecule has 0 bridgehead atoms. The Morgan fingerprint density at radius 1 is 1.00 bits per heavy atom. The number of aryl methyl sites for hydroxylation is 1. The second-order valence-corrected chi connectivity index (χ2v) is 8.63. The molecule has 5 nitrogen and oxygen atoms in total. The molecule has 0 spiro atoms. The standard InChI is InChI=1S/C28H31NO4/c1-2-27(30)32-19-5-6-21-9-11-22(12-10-21)13-14-23-15-17-24(18-16-23)28(31)33-26-8-4-3-7-25(26)20-29/h2-4,7-8,15-18,21-22H,1,5-6,9-14,19H2/t21-,22-. The zero-order valence-corrected chi connectivity index (χ0v) is 19.0. The van der Waals surface area contributed by atoms with Gasteiger partial charge in [0.1, 0.15) is 11.8 Å². The van der Waals surface area contributed by atoms with E-state index in [1.807, 2.05) is 18.2 Å². The molecule has 0 aliphatic heterocycles. The highest BCUT2D eigenvalue weighted by Gasteiger charge is 2.21. The van der Waals surface area contributed by atoms with Gasteiger partial charge in [0.15, 0.2) is 0 Å². The van der Waals surface area contributed by atoms with Crippen LogP contribution >= 0.6 is 0 Å². The fourth-order valence-corrected chi connectivity index (χ4v) is 4.40. The van der Waals surface area contributed by atoms with E-state index in [1.54, 1.807) is 36.4 Å². The molecule has 0 aromatic heterocycles. The van der Waals surface area contributed by atoms with E-state index in [9.17, 15) is 9.59 Å². The Hall–Kier alpha value is -3.39. The third-order valence-corrected chi connectivity index (χ3v) is 6.38. The van der Waals surface area contributed by atoms with Crippen molar-refractivity contribution >= 4 is 11.9 Å². The van der Waals surface area contributed by atoms with Crippen molar-refractivity contribution in [3.05, 3.63) is 77.9 Å². The molecule has 1 saturated carbocycles. The summed E-state index contributed by atoms with van der Waals surface area (Å²) >= 11 is 0. The molecule has 0 heterocycles. The lowest BCUT2D eigenvalue weighted by atomic mass is 9.78. The van der Waals surface area contributed by atoms with E-state index in [2.05, 4.69) is 6.58 Å². The predicted octanol–water partition coefficient (Wildman–Crippen LogP) is 6.03. The second kappa shape index (κ2) is 12.6. The Morgan fingerprint density at radius 3 is 2.33 bits per heavy atom. The summed E-state index contributed by atoms with van der Waals surface area (Å²) in [6.45, 7) is 3.89. The lowest BCUT2D eigenvalue weighted by Crippen LogP contribution is -2.16. The van der Waals surface area contributed by atoms with Gasteiger partial charge >= 0.3 is 11.9 Å². The Morgan fingerprint density at radius 2 is 1.67 bits per heavy atom. The molecule has 0 radical (unpaired) electrons. The normalized spacial score (nSPS) is 17.5. The van der Waals surface area contributed by atoms with Gasteiger partial charge in [-0.2, -0.15) is 5.26 Å². The molecule has 0 amide bonds. The van der Waals surface area contributed by atoms with Gasteiger partial charge in [0.05, 0.1) is 17.7 Å². The van der Waals surface area contributed by atoms with Gasteiger partial charge in [0.2, 0.25) is 0 Å². The molecule has 5 heteroatoms. The average Bonchev–Trinajstić information content (AvgIpc) is 2.86. The zero-order valence-electron chi connectivity index (χ0n) is 19.0. The van der Waals surface area contributed by atoms with Crippen LogP contribution in [0.3, 0.4) is 0 Å². The highest BCUT2D eigenvalue weighted by Crippen LogP contribution is 2.34. The maximum atomic E-state index is 12.4. The van der Waals surface area contributed by atoms with Crippen molar-refractivity contribution in [2.75, 3.05) is 6.61 Å². The van der Waals surface area contributed by atoms with Crippen LogP contribution in [-0.4, -0.2) is 18.5 Å². The maximum Gasteiger partial charge on any atom is 0.343 e. The number of esters is 2. The summed E-state index contributed by atoms with van der Waals surface area (Å²) in [6.07, 6.45) is 10.4. The molecule has 33 heavy (non-hydrogen) atoms. The van der Waals surface area contributed by atoms with Crippen LogP contribution in [0.1, 0.15) is 66.4 Å². The average molecular weight is 446 g/mol. The lowest BCUT2D eigenvalue weighted by Gasteiger charge is -2.28. The first-order valence-corrected chi connectivity index (χ1v) is 11.7. The minimum Gasteiger partial charge on any atom is -0.463 e. The molecule has 2 aromatic rings.